The number of aromatic nitrogens is 3. The Kier molecular flexibility index (Phi) is 6.34. The molecule has 1 heterocycles. The third kappa shape index (κ3) is 4.34. The third-order valence-corrected chi connectivity index (χ3v) is 4.46. The van der Waals surface area contributed by atoms with Crippen LogP contribution in [0.3, 0.4) is 0 Å². The number of methoxy groups -OCH3 is 2. The van der Waals surface area contributed by atoms with Crippen LogP contribution in [-0.2, 0) is 11.3 Å². The highest BCUT2D eigenvalue weighted by Crippen LogP contribution is 2.20. The van der Waals surface area contributed by atoms with Crippen LogP contribution in [0.15, 0.2) is 46.0 Å². The SMILES string of the molecule is COc1cc(Cn2c(=O)c(OC)nn(-c3ccc(F)c(NC(C)=O)c3)c2=O)ccc1C#N. The Morgan fingerprint density at radius 3 is 2.56 bits per heavy atom. The van der Waals surface area contributed by atoms with Gasteiger partial charge in [-0.1, -0.05) is 6.07 Å². The van der Waals surface area contributed by atoms with E-state index in [1.165, 1.54) is 45.4 Å². The fraction of sp³-hybridized carbons (Fsp3) is 0.190. The zero-order valence-electron chi connectivity index (χ0n) is 17.4. The zero-order valence-corrected chi connectivity index (χ0v) is 17.4. The monoisotopic (exact) mass is 439 g/mol. The minimum atomic E-state index is -0.820. The van der Waals surface area contributed by atoms with Crippen molar-refractivity contribution in [3.05, 3.63) is 74.2 Å². The van der Waals surface area contributed by atoms with E-state index in [9.17, 15) is 18.8 Å². The lowest BCUT2D eigenvalue weighted by atomic mass is 10.1. The van der Waals surface area contributed by atoms with Crippen LogP contribution in [0.4, 0.5) is 10.1 Å². The van der Waals surface area contributed by atoms with Crippen LogP contribution < -0.4 is 26.0 Å². The van der Waals surface area contributed by atoms with Crippen LogP contribution >= 0.6 is 0 Å². The molecule has 0 fully saturated rings. The van der Waals surface area contributed by atoms with E-state index in [0.29, 0.717) is 11.1 Å². The van der Waals surface area contributed by atoms with Gasteiger partial charge in [0.05, 0.1) is 37.7 Å². The molecule has 0 saturated heterocycles. The number of carbonyl (C=O) groups excluding carboxylic acids is 1. The van der Waals surface area contributed by atoms with Gasteiger partial charge in [-0.3, -0.25) is 9.59 Å². The number of halogens is 1. The van der Waals surface area contributed by atoms with Gasteiger partial charge in [0.2, 0.25) is 5.91 Å². The van der Waals surface area contributed by atoms with Crippen molar-refractivity contribution in [3.63, 3.8) is 0 Å². The van der Waals surface area contributed by atoms with E-state index >= 15 is 0 Å². The molecule has 2 aromatic carbocycles. The van der Waals surface area contributed by atoms with Crippen LogP contribution in [0.5, 0.6) is 11.6 Å². The first-order chi connectivity index (χ1) is 15.3. The molecule has 0 saturated carbocycles. The first-order valence-corrected chi connectivity index (χ1v) is 9.21. The van der Waals surface area contributed by atoms with Crippen molar-refractivity contribution in [3.8, 4) is 23.4 Å². The van der Waals surface area contributed by atoms with Gasteiger partial charge in [-0.05, 0) is 35.9 Å². The molecule has 0 aliphatic heterocycles. The number of amides is 1. The number of ether oxygens (including phenoxy) is 2. The van der Waals surface area contributed by atoms with Gasteiger partial charge in [-0.15, -0.1) is 5.10 Å². The highest BCUT2D eigenvalue weighted by molar-refractivity contribution is 5.89. The second-order valence-electron chi connectivity index (χ2n) is 6.59. The number of hydrogen-bond donors (Lipinski definition) is 1. The molecule has 3 aromatic rings. The van der Waals surface area contributed by atoms with Crippen LogP contribution in [0.1, 0.15) is 18.1 Å². The molecule has 0 radical (unpaired) electrons. The number of hydrogen-bond acceptors (Lipinski definition) is 7. The topological polar surface area (TPSA) is 128 Å². The van der Waals surface area contributed by atoms with Gasteiger partial charge >= 0.3 is 11.2 Å². The minimum Gasteiger partial charge on any atom is -0.495 e. The summed E-state index contributed by atoms with van der Waals surface area (Å²) in [4.78, 5) is 37.1. The Balaban J connectivity index is 2.15. The summed E-state index contributed by atoms with van der Waals surface area (Å²) >= 11 is 0. The van der Waals surface area contributed by atoms with Crippen LogP contribution in [-0.4, -0.2) is 34.5 Å². The van der Waals surface area contributed by atoms with E-state index in [1.54, 1.807) is 6.07 Å². The van der Waals surface area contributed by atoms with Gasteiger partial charge in [0.1, 0.15) is 17.6 Å². The van der Waals surface area contributed by atoms with Gasteiger partial charge in [-0.2, -0.15) is 9.94 Å². The van der Waals surface area contributed by atoms with Crippen molar-refractivity contribution in [1.82, 2.24) is 14.3 Å². The van der Waals surface area contributed by atoms with Crippen molar-refractivity contribution < 1.29 is 18.7 Å². The summed E-state index contributed by atoms with van der Waals surface area (Å²) in [6.07, 6.45) is 0. The summed E-state index contributed by atoms with van der Waals surface area (Å²) in [6, 6.07) is 10.2. The van der Waals surface area contributed by atoms with Crippen LogP contribution in [0, 0.1) is 17.1 Å². The fourth-order valence-corrected chi connectivity index (χ4v) is 2.97. The van der Waals surface area contributed by atoms with E-state index in [0.717, 1.165) is 15.3 Å². The highest BCUT2D eigenvalue weighted by atomic mass is 19.1. The maximum atomic E-state index is 14.0. The predicted molar refractivity (Wildman–Crippen MR) is 112 cm³/mol. The molecule has 164 valence electrons. The third-order valence-electron chi connectivity index (χ3n) is 4.46. The average molecular weight is 439 g/mol. The molecule has 0 unspecified atom stereocenters. The number of nitrogens with one attached hydrogen (secondary N) is 1. The molecule has 3 rings (SSSR count). The standard InChI is InChI=1S/C21H18FN5O5/c1-12(28)24-17-9-15(6-7-16(17)22)27-21(30)26(20(29)19(25-27)32-3)11-13-4-5-14(10-23)18(8-13)31-2/h4-9H,11H2,1-3H3,(H,24,28). The summed E-state index contributed by atoms with van der Waals surface area (Å²) < 4.78 is 26.0. The van der Waals surface area contributed by atoms with Crippen molar-refractivity contribution in [2.24, 2.45) is 0 Å². The summed E-state index contributed by atoms with van der Waals surface area (Å²) in [5.74, 6) is -1.28. The fourth-order valence-electron chi connectivity index (χ4n) is 2.97. The lowest BCUT2D eigenvalue weighted by molar-refractivity contribution is -0.114. The largest absolute Gasteiger partial charge is 0.495 e. The average Bonchev–Trinajstić information content (AvgIpc) is 2.78. The molecule has 0 bridgehead atoms. The Bertz CT molecular complexity index is 1360. The molecule has 10 nitrogen and oxygen atoms in total. The minimum absolute atomic E-state index is 0.101. The normalized spacial score (nSPS) is 10.3. The first-order valence-electron chi connectivity index (χ1n) is 9.21. The Hall–Kier alpha value is -4.46. The first kappa shape index (κ1) is 22.2. The summed E-state index contributed by atoms with van der Waals surface area (Å²) in [6.45, 7) is 1.05. The molecule has 0 aliphatic carbocycles. The van der Waals surface area contributed by atoms with E-state index < -0.39 is 23.0 Å². The maximum Gasteiger partial charge on any atom is 0.352 e. The summed E-state index contributed by atoms with van der Waals surface area (Å²) in [7, 11) is 2.62. The van der Waals surface area contributed by atoms with Crippen molar-refractivity contribution in [2.45, 2.75) is 13.5 Å². The molecule has 0 aliphatic rings. The highest BCUT2D eigenvalue weighted by Gasteiger charge is 2.17. The number of anilines is 1. The van der Waals surface area contributed by atoms with E-state index in [1.807, 2.05) is 6.07 Å². The number of nitrogens with zero attached hydrogens (tertiary/aromatic N) is 4. The second kappa shape index (κ2) is 9.13. The van der Waals surface area contributed by atoms with Crippen LogP contribution in [0.25, 0.3) is 5.69 Å². The van der Waals surface area contributed by atoms with E-state index in [-0.39, 0.29) is 29.5 Å². The molecule has 0 spiro atoms. The van der Waals surface area contributed by atoms with Gasteiger partial charge in [0.25, 0.3) is 5.88 Å². The van der Waals surface area contributed by atoms with Crippen LogP contribution in [0.2, 0.25) is 0 Å². The summed E-state index contributed by atoms with van der Waals surface area (Å²) in [5.41, 5.74) is -0.842. The van der Waals surface area contributed by atoms with Crippen molar-refractivity contribution in [1.29, 1.82) is 5.26 Å². The Morgan fingerprint density at radius 2 is 1.94 bits per heavy atom. The van der Waals surface area contributed by atoms with Gasteiger partial charge in [-0.25, -0.2) is 13.8 Å². The lowest BCUT2D eigenvalue weighted by Gasteiger charge is -2.13. The van der Waals surface area contributed by atoms with Crippen molar-refractivity contribution >= 4 is 11.6 Å². The zero-order chi connectivity index (χ0) is 23.4. The van der Waals surface area contributed by atoms with Gasteiger partial charge in [0.15, 0.2) is 0 Å². The molecule has 11 heteroatoms. The molecule has 32 heavy (non-hydrogen) atoms. The second-order valence-corrected chi connectivity index (χ2v) is 6.59. The lowest BCUT2D eigenvalue weighted by Crippen LogP contribution is -2.41. The van der Waals surface area contributed by atoms with E-state index in [4.69, 9.17) is 14.7 Å². The maximum absolute atomic E-state index is 14.0. The van der Waals surface area contributed by atoms with Crippen molar-refractivity contribution in [2.75, 3.05) is 19.5 Å². The van der Waals surface area contributed by atoms with Gasteiger partial charge in [0, 0.05) is 6.92 Å². The molecule has 1 amide bonds. The smallest absolute Gasteiger partial charge is 0.352 e. The number of carbonyl (C=O) groups is 1. The molecular weight excluding hydrogens is 421 g/mol. The predicted octanol–water partition coefficient (Wildman–Crippen LogP) is 1.43. The molecule has 1 N–H and O–H groups in total. The quantitative estimate of drug-likeness (QED) is 0.615. The number of rotatable bonds is 6. The number of nitriles is 1. The molecule has 1 aromatic heterocycles. The number of benzene rings is 2. The Labute approximate surface area is 181 Å². The Morgan fingerprint density at radius 1 is 1.19 bits per heavy atom. The molecule has 0 atom stereocenters. The summed E-state index contributed by atoms with van der Waals surface area (Å²) in [5, 5.41) is 15.4. The molecular formula is C21H18FN5O5. The van der Waals surface area contributed by atoms with E-state index in [2.05, 4.69) is 10.4 Å². The van der Waals surface area contributed by atoms with Gasteiger partial charge < -0.3 is 14.8 Å².